The predicted molar refractivity (Wildman–Crippen MR) is 87.2 cm³/mol. The van der Waals surface area contributed by atoms with Crippen LogP contribution in [0, 0.1) is 0 Å². The molecule has 2 fully saturated rings. The number of ether oxygens (including phenoxy) is 2. The van der Waals surface area contributed by atoms with Crippen molar-refractivity contribution in [3.05, 3.63) is 29.8 Å². The van der Waals surface area contributed by atoms with Gasteiger partial charge in [-0.05, 0) is 18.9 Å². The first kappa shape index (κ1) is 16.2. The molecular weight excluding hydrogens is 294 g/mol. The number of para-hydroxylation sites is 1. The van der Waals surface area contributed by atoms with Crippen LogP contribution in [0.15, 0.2) is 24.3 Å². The Morgan fingerprint density at radius 1 is 1.30 bits per heavy atom. The molecule has 126 valence electrons. The molecule has 1 aromatic rings. The highest BCUT2D eigenvalue weighted by molar-refractivity contribution is 5.88. The molecule has 0 spiro atoms. The van der Waals surface area contributed by atoms with Gasteiger partial charge in [-0.3, -0.25) is 9.69 Å². The maximum atomic E-state index is 11.9. The van der Waals surface area contributed by atoms with E-state index in [1.165, 1.54) is 0 Å². The molecule has 0 unspecified atom stereocenters. The van der Waals surface area contributed by atoms with Gasteiger partial charge in [0.25, 0.3) is 0 Å². The van der Waals surface area contributed by atoms with Gasteiger partial charge in [0.15, 0.2) is 0 Å². The maximum Gasteiger partial charge on any atom is 0.240 e. The fourth-order valence-electron chi connectivity index (χ4n) is 2.61. The second-order valence-corrected chi connectivity index (χ2v) is 6.25. The summed E-state index contributed by atoms with van der Waals surface area (Å²) in [5.41, 5.74) is 6.24. The number of rotatable bonds is 7. The summed E-state index contributed by atoms with van der Waals surface area (Å²) in [6, 6.07) is 7.81. The Hall–Kier alpha value is -1.63. The molecule has 6 heteroatoms. The van der Waals surface area contributed by atoms with Crippen molar-refractivity contribution in [2.75, 3.05) is 39.5 Å². The highest BCUT2D eigenvalue weighted by Gasteiger charge is 2.45. The number of amides is 1. The van der Waals surface area contributed by atoms with Crippen LogP contribution in [0.4, 0.5) is 0 Å². The third-order valence-electron chi connectivity index (χ3n) is 4.42. The number of nitrogens with one attached hydrogen (secondary N) is 1. The largest absolute Gasteiger partial charge is 0.492 e. The van der Waals surface area contributed by atoms with Crippen LogP contribution in [0.3, 0.4) is 0 Å². The van der Waals surface area contributed by atoms with Crippen molar-refractivity contribution in [2.24, 2.45) is 5.73 Å². The van der Waals surface area contributed by atoms with Gasteiger partial charge in [0.1, 0.15) is 12.4 Å². The minimum atomic E-state index is -0.633. The standard InChI is InChI=1S/C17H25N3O3/c18-17(5-6-17)16(21)19-13-14-3-1-2-4-15(14)23-12-9-20-7-10-22-11-8-20/h1-4H,5-13,18H2,(H,19,21). The lowest BCUT2D eigenvalue weighted by Crippen LogP contribution is -2.42. The fourth-order valence-corrected chi connectivity index (χ4v) is 2.61. The summed E-state index contributed by atoms with van der Waals surface area (Å²) in [5, 5.41) is 2.91. The van der Waals surface area contributed by atoms with E-state index in [2.05, 4.69) is 10.2 Å². The van der Waals surface area contributed by atoms with E-state index in [1.54, 1.807) is 0 Å². The van der Waals surface area contributed by atoms with Crippen molar-refractivity contribution < 1.29 is 14.3 Å². The number of nitrogens with two attached hydrogens (primary N) is 1. The van der Waals surface area contributed by atoms with Crippen LogP contribution in [0.5, 0.6) is 5.75 Å². The molecule has 0 atom stereocenters. The van der Waals surface area contributed by atoms with Gasteiger partial charge < -0.3 is 20.5 Å². The summed E-state index contributed by atoms with van der Waals surface area (Å²) in [5.74, 6) is 0.753. The summed E-state index contributed by atoms with van der Waals surface area (Å²) >= 11 is 0. The van der Waals surface area contributed by atoms with Crippen LogP contribution in [0.1, 0.15) is 18.4 Å². The van der Waals surface area contributed by atoms with Crippen molar-refractivity contribution >= 4 is 5.91 Å². The van der Waals surface area contributed by atoms with Gasteiger partial charge in [0, 0.05) is 31.7 Å². The Bertz CT molecular complexity index is 540. The first-order valence-corrected chi connectivity index (χ1v) is 8.25. The summed E-state index contributed by atoms with van der Waals surface area (Å²) in [4.78, 5) is 14.3. The molecule has 0 bridgehead atoms. The van der Waals surface area contributed by atoms with E-state index in [0.717, 1.165) is 57.0 Å². The number of benzene rings is 1. The number of nitrogens with zero attached hydrogens (tertiary/aromatic N) is 1. The van der Waals surface area contributed by atoms with Crippen molar-refractivity contribution in [3.63, 3.8) is 0 Å². The van der Waals surface area contributed by atoms with Crippen molar-refractivity contribution in [1.82, 2.24) is 10.2 Å². The minimum Gasteiger partial charge on any atom is -0.492 e. The second kappa shape index (κ2) is 7.29. The third kappa shape index (κ3) is 4.43. The van der Waals surface area contributed by atoms with Gasteiger partial charge in [-0.2, -0.15) is 0 Å². The Morgan fingerprint density at radius 2 is 2.04 bits per heavy atom. The molecule has 0 aromatic heterocycles. The molecule has 1 aromatic carbocycles. The highest BCUT2D eigenvalue weighted by atomic mass is 16.5. The molecule has 1 amide bonds. The van der Waals surface area contributed by atoms with Crippen LogP contribution >= 0.6 is 0 Å². The first-order valence-electron chi connectivity index (χ1n) is 8.25. The van der Waals surface area contributed by atoms with Gasteiger partial charge in [-0.15, -0.1) is 0 Å². The van der Waals surface area contributed by atoms with Crippen molar-refractivity contribution in [2.45, 2.75) is 24.9 Å². The molecule has 2 aliphatic rings. The Morgan fingerprint density at radius 3 is 2.78 bits per heavy atom. The quantitative estimate of drug-likeness (QED) is 0.765. The van der Waals surface area contributed by atoms with E-state index < -0.39 is 5.54 Å². The normalized spacial score (nSPS) is 20.0. The average Bonchev–Trinajstić information content (AvgIpc) is 3.34. The zero-order valence-electron chi connectivity index (χ0n) is 13.4. The van der Waals surface area contributed by atoms with Crippen LogP contribution in [-0.2, 0) is 16.1 Å². The lowest BCUT2D eigenvalue weighted by molar-refractivity contribution is -0.123. The topological polar surface area (TPSA) is 76.8 Å². The number of carbonyl (C=O) groups excluding carboxylic acids is 1. The van der Waals surface area contributed by atoms with E-state index in [-0.39, 0.29) is 5.91 Å². The molecule has 3 N–H and O–H groups in total. The summed E-state index contributed by atoms with van der Waals surface area (Å²) in [6.45, 7) is 5.47. The van der Waals surface area contributed by atoms with Gasteiger partial charge in [-0.1, -0.05) is 18.2 Å². The third-order valence-corrected chi connectivity index (χ3v) is 4.42. The maximum absolute atomic E-state index is 11.9. The molecular formula is C17H25N3O3. The highest BCUT2D eigenvalue weighted by Crippen LogP contribution is 2.32. The molecule has 1 aliphatic carbocycles. The molecule has 1 saturated carbocycles. The zero-order valence-corrected chi connectivity index (χ0v) is 13.4. The Kier molecular flexibility index (Phi) is 5.15. The fraction of sp³-hybridized carbons (Fsp3) is 0.588. The minimum absolute atomic E-state index is 0.0689. The van der Waals surface area contributed by atoms with Crippen LogP contribution < -0.4 is 15.8 Å². The second-order valence-electron chi connectivity index (χ2n) is 6.25. The smallest absolute Gasteiger partial charge is 0.240 e. The first-order chi connectivity index (χ1) is 11.2. The van der Waals surface area contributed by atoms with E-state index in [4.69, 9.17) is 15.2 Å². The Labute approximate surface area is 136 Å². The van der Waals surface area contributed by atoms with Gasteiger partial charge in [-0.25, -0.2) is 0 Å². The molecule has 0 radical (unpaired) electrons. The lowest BCUT2D eigenvalue weighted by atomic mass is 10.2. The number of morpholine rings is 1. The van der Waals surface area contributed by atoms with Gasteiger partial charge >= 0.3 is 0 Å². The van der Waals surface area contributed by atoms with Crippen LogP contribution in [-0.4, -0.2) is 55.8 Å². The molecule has 3 rings (SSSR count). The van der Waals surface area contributed by atoms with Crippen molar-refractivity contribution in [3.8, 4) is 5.75 Å². The molecule has 1 saturated heterocycles. The van der Waals surface area contributed by atoms with E-state index in [0.29, 0.717) is 13.2 Å². The number of carbonyl (C=O) groups is 1. The number of hydrogen-bond donors (Lipinski definition) is 2. The van der Waals surface area contributed by atoms with E-state index >= 15 is 0 Å². The van der Waals surface area contributed by atoms with Crippen molar-refractivity contribution in [1.29, 1.82) is 0 Å². The lowest BCUT2D eigenvalue weighted by Gasteiger charge is -2.26. The van der Waals surface area contributed by atoms with E-state index in [1.807, 2.05) is 24.3 Å². The molecule has 6 nitrogen and oxygen atoms in total. The SMILES string of the molecule is NC1(C(=O)NCc2ccccc2OCCN2CCOCC2)CC1. The average molecular weight is 319 g/mol. The molecule has 23 heavy (non-hydrogen) atoms. The predicted octanol–water partition coefficient (Wildman–Crippen LogP) is 0.505. The summed E-state index contributed by atoms with van der Waals surface area (Å²) < 4.78 is 11.2. The van der Waals surface area contributed by atoms with E-state index in [9.17, 15) is 4.79 Å². The monoisotopic (exact) mass is 319 g/mol. The molecule has 1 heterocycles. The summed E-state index contributed by atoms with van der Waals surface area (Å²) in [7, 11) is 0. The van der Waals surface area contributed by atoms with Crippen LogP contribution in [0.25, 0.3) is 0 Å². The van der Waals surface area contributed by atoms with Crippen LogP contribution in [0.2, 0.25) is 0 Å². The molecule has 1 aliphatic heterocycles. The Balaban J connectivity index is 1.47. The number of hydrogen-bond acceptors (Lipinski definition) is 5. The van der Waals surface area contributed by atoms with Gasteiger partial charge in [0.05, 0.1) is 18.8 Å². The zero-order chi connectivity index (χ0) is 16.1. The summed E-state index contributed by atoms with van der Waals surface area (Å²) in [6.07, 6.45) is 1.55. The van der Waals surface area contributed by atoms with Gasteiger partial charge in [0.2, 0.25) is 5.91 Å².